The van der Waals surface area contributed by atoms with Gasteiger partial charge in [0.25, 0.3) is 5.91 Å². The van der Waals surface area contributed by atoms with Crippen LogP contribution in [0.1, 0.15) is 22.3 Å². The van der Waals surface area contributed by atoms with Gasteiger partial charge in [0.15, 0.2) is 0 Å². The SMILES string of the molecule is CC(=O)Nc1ccc(C(=O)N2CCN(Cc3nc4ccccc4s3)CC2)cc1. The Morgan fingerprint density at radius 2 is 1.75 bits per heavy atom. The number of hydrogen-bond acceptors (Lipinski definition) is 5. The van der Waals surface area contributed by atoms with Crippen molar-refractivity contribution in [2.75, 3.05) is 31.5 Å². The first-order valence-electron chi connectivity index (χ1n) is 9.32. The highest BCUT2D eigenvalue weighted by atomic mass is 32.1. The Morgan fingerprint density at radius 1 is 1.04 bits per heavy atom. The standard InChI is InChI=1S/C21H22N4O2S/c1-15(26)22-17-8-6-16(7-9-17)21(27)25-12-10-24(11-13-25)14-20-23-18-4-2-3-5-19(18)28-20/h2-9H,10-14H2,1H3,(H,22,26). The fourth-order valence-electron chi connectivity index (χ4n) is 3.37. The maximum absolute atomic E-state index is 12.7. The van der Waals surface area contributed by atoms with Crippen LogP contribution in [0.5, 0.6) is 0 Å². The van der Waals surface area contributed by atoms with E-state index in [0.717, 1.165) is 30.2 Å². The first kappa shape index (κ1) is 18.6. The second-order valence-electron chi connectivity index (χ2n) is 6.90. The fraction of sp³-hybridized carbons (Fsp3) is 0.286. The van der Waals surface area contributed by atoms with Crippen LogP contribution in [0, 0.1) is 0 Å². The van der Waals surface area contributed by atoms with Crippen molar-refractivity contribution in [3.63, 3.8) is 0 Å². The van der Waals surface area contributed by atoms with E-state index in [1.54, 1.807) is 35.6 Å². The van der Waals surface area contributed by atoms with Crippen LogP contribution in [0.3, 0.4) is 0 Å². The van der Waals surface area contributed by atoms with Gasteiger partial charge in [0.1, 0.15) is 5.01 Å². The molecule has 1 saturated heterocycles. The van der Waals surface area contributed by atoms with Crippen LogP contribution in [0.2, 0.25) is 0 Å². The second-order valence-corrected chi connectivity index (χ2v) is 8.02. The third-order valence-corrected chi connectivity index (χ3v) is 5.83. The topological polar surface area (TPSA) is 65.5 Å². The average molecular weight is 395 g/mol. The van der Waals surface area contributed by atoms with E-state index in [4.69, 9.17) is 4.98 Å². The highest BCUT2D eigenvalue weighted by Crippen LogP contribution is 2.23. The van der Waals surface area contributed by atoms with Crippen LogP contribution in [-0.4, -0.2) is 52.8 Å². The highest BCUT2D eigenvalue weighted by molar-refractivity contribution is 7.18. The van der Waals surface area contributed by atoms with Gasteiger partial charge in [0.2, 0.25) is 5.91 Å². The van der Waals surface area contributed by atoms with Crippen molar-refractivity contribution < 1.29 is 9.59 Å². The summed E-state index contributed by atoms with van der Waals surface area (Å²) in [4.78, 5) is 32.8. The number of hydrogen-bond donors (Lipinski definition) is 1. The van der Waals surface area contributed by atoms with Gasteiger partial charge in [-0.05, 0) is 36.4 Å². The van der Waals surface area contributed by atoms with E-state index in [2.05, 4.69) is 16.3 Å². The number of fused-ring (bicyclic) bond motifs is 1. The van der Waals surface area contributed by atoms with Gasteiger partial charge in [-0.1, -0.05) is 12.1 Å². The highest BCUT2D eigenvalue weighted by Gasteiger charge is 2.22. The van der Waals surface area contributed by atoms with E-state index >= 15 is 0 Å². The lowest BCUT2D eigenvalue weighted by atomic mass is 10.1. The lowest BCUT2D eigenvalue weighted by Gasteiger charge is -2.34. The summed E-state index contributed by atoms with van der Waals surface area (Å²) in [6.07, 6.45) is 0. The maximum Gasteiger partial charge on any atom is 0.253 e. The molecule has 0 atom stereocenters. The lowest BCUT2D eigenvalue weighted by Crippen LogP contribution is -2.48. The van der Waals surface area contributed by atoms with Crippen LogP contribution in [0.15, 0.2) is 48.5 Å². The van der Waals surface area contributed by atoms with Crippen LogP contribution in [-0.2, 0) is 11.3 Å². The quantitative estimate of drug-likeness (QED) is 0.738. The van der Waals surface area contributed by atoms with Gasteiger partial charge in [0, 0.05) is 44.4 Å². The molecular weight excluding hydrogens is 372 g/mol. The number of anilines is 1. The largest absolute Gasteiger partial charge is 0.336 e. The zero-order chi connectivity index (χ0) is 19.5. The molecule has 0 radical (unpaired) electrons. The Labute approximate surface area is 167 Å². The molecule has 1 N–H and O–H groups in total. The molecule has 28 heavy (non-hydrogen) atoms. The molecule has 144 valence electrons. The Hall–Kier alpha value is -2.77. The zero-order valence-corrected chi connectivity index (χ0v) is 16.5. The van der Waals surface area contributed by atoms with Gasteiger partial charge in [-0.15, -0.1) is 11.3 Å². The molecule has 0 aliphatic carbocycles. The van der Waals surface area contributed by atoms with Gasteiger partial charge in [-0.25, -0.2) is 4.98 Å². The molecule has 3 aromatic rings. The molecule has 1 aromatic heterocycles. The predicted molar refractivity (Wildman–Crippen MR) is 112 cm³/mol. The van der Waals surface area contributed by atoms with E-state index in [-0.39, 0.29) is 11.8 Å². The Morgan fingerprint density at radius 3 is 2.43 bits per heavy atom. The van der Waals surface area contributed by atoms with Crippen molar-refractivity contribution >= 4 is 39.1 Å². The maximum atomic E-state index is 12.7. The van der Waals surface area contributed by atoms with Crippen molar-refractivity contribution in [1.82, 2.24) is 14.8 Å². The molecule has 2 heterocycles. The zero-order valence-electron chi connectivity index (χ0n) is 15.7. The molecule has 1 aliphatic heterocycles. The number of thiazole rings is 1. The summed E-state index contributed by atoms with van der Waals surface area (Å²) in [7, 11) is 0. The molecule has 4 rings (SSSR count). The lowest BCUT2D eigenvalue weighted by molar-refractivity contribution is -0.114. The van der Waals surface area contributed by atoms with Crippen molar-refractivity contribution in [3.05, 3.63) is 59.1 Å². The molecule has 1 fully saturated rings. The van der Waals surface area contributed by atoms with Crippen LogP contribution < -0.4 is 5.32 Å². The normalized spacial score (nSPS) is 15.0. The van der Waals surface area contributed by atoms with Gasteiger partial charge >= 0.3 is 0 Å². The second kappa shape index (κ2) is 8.08. The Kier molecular flexibility index (Phi) is 5.36. The number of nitrogens with zero attached hydrogens (tertiary/aromatic N) is 3. The molecule has 6 nitrogen and oxygen atoms in total. The summed E-state index contributed by atoms with van der Waals surface area (Å²) in [5.74, 6) is -0.0858. The van der Waals surface area contributed by atoms with Crippen LogP contribution >= 0.6 is 11.3 Å². The minimum atomic E-state index is -0.122. The molecule has 7 heteroatoms. The number of piperazine rings is 1. The number of nitrogens with one attached hydrogen (secondary N) is 1. The molecular formula is C21H22N4O2S. The molecule has 1 aliphatic rings. The van der Waals surface area contributed by atoms with Gasteiger partial charge in [-0.2, -0.15) is 0 Å². The molecule has 0 unspecified atom stereocenters. The van der Waals surface area contributed by atoms with Crippen LogP contribution in [0.25, 0.3) is 10.2 Å². The minimum absolute atomic E-state index is 0.0361. The Balaban J connectivity index is 1.33. The Bertz CT molecular complexity index is 958. The summed E-state index contributed by atoms with van der Waals surface area (Å²) in [5.41, 5.74) is 2.40. The monoisotopic (exact) mass is 394 g/mol. The fourth-order valence-corrected chi connectivity index (χ4v) is 4.38. The predicted octanol–water partition coefficient (Wildman–Crippen LogP) is 3.21. The van der Waals surface area contributed by atoms with Crippen molar-refractivity contribution in [1.29, 1.82) is 0 Å². The molecule has 2 amide bonds. The molecule has 0 saturated carbocycles. The number of para-hydroxylation sites is 1. The smallest absolute Gasteiger partial charge is 0.253 e. The van der Waals surface area contributed by atoms with E-state index in [9.17, 15) is 9.59 Å². The number of amides is 2. The van der Waals surface area contributed by atoms with Crippen LogP contribution in [0.4, 0.5) is 5.69 Å². The van der Waals surface area contributed by atoms with E-state index in [1.165, 1.54) is 11.6 Å². The molecule has 0 spiro atoms. The summed E-state index contributed by atoms with van der Waals surface area (Å²) in [6, 6.07) is 15.3. The molecule has 2 aromatic carbocycles. The van der Waals surface area contributed by atoms with E-state index in [0.29, 0.717) is 24.3 Å². The van der Waals surface area contributed by atoms with Gasteiger partial charge < -0.3 is 10.2 Å². The first-order valence-corrected chi connectivity index (χ1v) is 10.1. The number of rotatable bonds is 4. The van der Waals surface area contributed by atoms with Crippen molar-refractivity contribution in [3.8, 4) is 0 Å². The number of carbonyl (C=O) groups excluding carboxylic acids is 2. The molecule has 0 bridgehead atoms. The number of carbonyl (C=O) groups is 2. The average Bonchev–Trinajstić information content (AvgIpc) is 3.10. The van der Waals surface area contributed by atoms with E-state index < -0.39 is 0 Å². The summed E-state index contributed by atoms with van der Waals surface area (Å²) < 4.78 is 1.22. The third-order valence-electron chi connectivity index (χ3n) is 4.81. The first-order chi connectivity index (χ1) is 13.6. The summed E-state index contributed by atoms with van der Waals surface area (Å²) in [5, 5.41) is 3.83. The minimum Gasteiger partial charge on any atom is -0.336 e. The van der Waals surface area contributed by atoms with Gasteiger partial charge in [0.05, 0.1) is 16.8 Å². The van der Waals surface area contributed by atoms with Crippen molar-refractivity contribution in [2.45, 2.75) is 13.5 Å². The van der Waals surface area contributed by atoms with Gasteiger partial charge in [-0.3, -0.25) is 14.5 Å². The van der Waals surface area contributed by atoms with Crippen molar-refractivity contribution in [2.24, 2.45) is 0 Å². The third kappa shape index (κ3) is 4.21. The van der Waals surface area contributed by atoms with E-state index in [1.807, 2.05) is 23.1 Å². The number of benzene rings is 2. The summed E-state index contributed by atoms with van der Waals surface area (Å²) in [6.45, 7) is 5.38. The number of aromatic nitrogens is 1. The summed E-state index contributed by atoms with van der Waals surface area (Å²) >= 11 is 1.74.